The van der Waals surface area contributed by atoms with Crippen LogP contribution < -0.4 is 0 Å². The zero-order chi connectivity index (χ0) is 21.3. The molecule has 9 heteroatoms. The van der Waals surface area contributed by atoms with E-state index in [0.717, 1.165) is 14.5 Å². The molecule has 0 unspecified atom stereocenters. The second-order valence-corrected chi connectivity index (χ2v) is 9.43. The van der Waals surface area contributed by atoms with Crippen molar-refractivity contribution in [3.8, 4) is 0 Å². The second-order valence-electron chi connectivity index (χ2n) is 6.72. The van der Waals surface area contributed by atoms with E-state index in [9.17, 15) is 18.5 Å². The second kappa shape index (κ2) is 8.00. The number of hydrazone groups is 1. The van der Waals surface area contributed by atoms with E-state index in [-0.39, 0.29) is 10.6 Å². The van der Waals surface area contributed by atoms with E-state index in [1.165, 1.54) is 24.3 Å². The summed E-state index contributed by atoms with van der Waals surface area (Å²) < 4.78 is 28.6. The van der Waals surface area contributed by atoms with E-state index in [4.69, 9.17) is 0 Å². The van der Waals surface area contributed by atoms with Gasteiger partial charge in [-0.05, 0) is 35.4 Å². The van der Waals surface area contributed by atoms with E-state index >= 15 is 0 Å². The summed E-state index contributed by atoms with van der Waals surface area (Å²) >= 11 is 3.42. The van der Waals surface area contributed by atoms with Gasteiger partial charge in [-0.15, -0.1) is 0 Å². The van der Waals surface area contributed by atoms with Crippen molar-refractivity contribution in [1.82, 2.24) is 4.41 Å². The first-order valence-corrected chi connectivity index (χ1v) is 11.3. The molecule has 0 bridgehead atoms. The number of benzene rings is 3. The molecule has 0 saturated heterocycles. The number of sulfonamides is 1. The summed E-state index contributed by atoms with van der Waals surface area (Å²) in [6, 6.07) is 20.8. The maximum Gasteiger partial charge on any atom is 0.279 e. The molecule has 3 aromatic rings. The Labute approximate surface area is 182 Å². The van der Waals surface area contributed by atoms with Crippen molar-refractivity contribution >= 4 is 37.4 Å². The van der Waals surface area contributed by atoms with Crippen molar-refractivity contribution in [2.45, 2.75) is 17.4 Å². The highest BCUT2D eigenvalue weighted by Crippen LogP contribution is 2.38. The Morgan fingerprint density at radius 3 is 2.43 bits per heavy atom. The molecule has 0 saturated carbocycles. The van der Waals surface area contributed by atoms with E-state index in [1.54, 1.807) is 30.3 Å². The SMILES string of the molecule is O=[N+]([O-])c1cccc([C@@H]2CC(c3cccc(Br)c3)=NN2S(=O)(=O)c2ccccc2)c1. The predicted octanol–water partition coefficient (Wildman–Crippen LogP) is 4.90. The van der Waals surface area contributed by atoms with Crippen LogP contribution in [0.2, 0.25) is 0 Å². The zero-order valence-corrected chi connectivity index (χ0v) is 18.0. The van der Waals surface area contributed by atoms with Gasteiger partial charge >= 0.3 is 0 Å². The fourth-order valence-corrected chi connectivity index (χ4v) is 5.20. The normalized spacial score (nSPS) is 16.4. The van der Waals surface area contributed by atoms with Gasteiger partial charge in [-0.25, -0.2) is 0 Å². The largest absolute Gasteiger partial charge is 0.279 e. The quantitative estimate of drug-likeness (QED) is 0.379. The molecule has 0 aromatic heterocycles. The highest BCUT2D eigenvalue weighted by Gasteiger charge is 2.38. The lowest BCUT2D eigenvalue weighted by molar-refractivity contribution is -0.384. The fourth-order valence-electron chi connectivity index (χ4n) is 3.35. The summed E-state index contributed by atoms with van der Waals surface area (Å²) in [6.45, 7) is 0. The zero-order valence-electron chi connectivity index (χ0n) is 15.6. The molecule has 1 aliphatic rings. The Morgan fingerprint density at radius 2 is 1.73 bits per heavy atom. The van der Waals surface area contributed by atoms with E-state index < -0.39 is 21.0 Å². The third kappa shape index (κ3) is 3.86. The van der Waals surface area contributed by atoms with Gasteiger partial charge in [-0.1, -0.05) is 58.4 Å². The minimum absolute atomic E-state index is 0.0968. The van der Waals surface area contributed by atoms with Gasteiger partial charge in [0.05, 0.1) is 21.6 Å². The molecule has 1 aliphatic heterocycles. The Hall–Kier alpha value is -3.04. The smallest absolute Gasteiger partial charge is 0.258 e. The van der Waals surface area contributed by atoms with Gasteiger partial charge in [0.2, 0.25) is 0 Å². The van der Waals surface area contributed by atoms with Crippen LogP contribution in [0, 0.1) is 10.1 Å². The molecule has 1 atom stereocenters. The van der Waals surface area contributed by atoms with Gasteiger partial charge in [0.1, 0.15) is 0 Å². The summed E-state index contributed by atoms with van der Waals surface area (Å²) in [7, 11) is -3.96. The molecular formula is C21H16BrN3O4S. The molecule has 0 aliphatic carbocycles. The van der Waals surface area contributed by atoms with Crippen molar-refractivity contribution in [1.29, 1.82) is 0 Å². The minimum atomic E-state index is -3.96. The first-order chi connectivity index (χ1) is 14.4. The molecule has 0 radical (unpaired) electrons. The van der Waals surface area contributed by atoms with Crippen LogP contribution in [0.5, 0.6) is 0 Å². The Balaban J connectivity index is 1.83. The maximum absolute atomic E-state index is 13.4. The van der Waals surface area contributed by atoms with Crippen LogP contribution in [0.15, 0.2) is 93.3 Å². The van der Waals surface area contributed by atoms with Crippen LogP contribution in [-0.2, 0) is 10.0 Å². The number of hydrogen-bond donors (Lipinski definition) is 0. The highest BCUT2D eigenvalue weighted by atomic mass is 79.9. The third-order valence-corrected chi connectivity index (χ3v) is 6.97. The number of rotatable bonds is 5. The standard InChI is InChI=1S/C21H16BrN3O4S/c22-17-8-4-6-15(12-17)20-14-21(16-7-5-9-18(13-16)25(26)27)24(23-20)30(28,29)19-10-2-1-3-11-19/h1-13,21H,14H2/t21-/m0/s1. The molecule has 3 aromatic carbocycles. The van der Waals surface area contributed by atoms with E-state index in [0.29, 0.717) is 17.7 Å². The molecule has 0 N–H and O–H groups in total. The number of non-ortho nitro benzene ring substituents is 1. The number of nitro groups is 1. The van der Waals surface area contributed by atoms with Gasteiger partial charge in [0.25, 0.3) is 15.7 Å². The Kier molecular flexibility index (Phi) is 5.40. The van der Waals surface area contributed by atoms with Crippen LogP contribution in [0.25, 0.3) is 0 Å². The van der Waals surface area contributed by atoms with Crippen molar-refractivity contribution in [3.63, 3.8) is 0 Å². The van der Waals surface area contributed by atoms with Gasteiger partial charge < -0.3 is 0 Å². The molecule has 30 heavy (non-hydrogen) atoms. The molecule has 4 rings (SSSR count). The summed E-state index contributed by atoms with van der Waals surface area (Å²) in [5.41, 5.74) is 1.79. The van der Waals surface area contributed by atoms with Crippen molar-refractivity contribution in [2.75, 3.05) is 0 Å². The Morgan fingerprint density at radius 1 is 1.00 bits per heavy atom. The van der Waals surface area contributed by atoms with E-state index in [1.807, 2.05) is 24.3 Å². The molecule has 0 spiro atoms. The first-order valence-electron chi connectivity index (χ1n) is 9.03. The number of halogens is 1. The summed E-state index contributed by atoms with van der Waals surface area (Å²) in [5.74, 6) is 0. The summed E-state index contributed by atoms with van der Waals surface area (Å²) in [4.78, 5) is 10.8. The topological polar surface area (TPSA) is 92.9 Å². The van der Waals surface area contributed by atoms with Crippen LogP contribution in [0.1, 0.15) is 23.6 Å². The molecule has 0 amide bonds. The van der Waals surface area contributed by atoms with E-state index in [2.05, 4.69) is 21.0 Å². The third-order valence-electron chi connectivity index (χ3n) is 4.78. The van der Waals surface area contributed by atoms with Crippen LogP contribution in [-0.4, -0.2) is 23.5 Å². The average molecular weight is 486 g/mol. The first kappa shape index (κ1) is 20.2. The summed E-state index contributed by atoms with van der Waals surface area (Å²) in [6.07, 6.45) is 0.295. The number of nitrogens with zero attached hydrogens (tertiary/aromatic N) is 3. The molecular weight excluding hydrogens is 470 g/mol. The Bertz CT molecular complexity index is 1250. The molecule has 1 heterocycles. The lowest BCUT2D eigenvalue weighted by Gasteiger charge is -2.23. The van der Waals surface area contributed by atoms with Crippen molar-refractivity contribution < 1.29 is 13.3 Å². The predicted molar refractivity (Wildman–Crippen MR) is 117 cm³/mol. The minimum Gasteiger partial charge on any atom is -0.258 e. The van der Waals surface area contributed by atoms with Crippen LogP contribution in [0.3, 0.4) is 0 Å². The highest BCUT2D eigenvalue weighted by molar-refractivity contribution is 9.10. The lowest BCUT2D eigenvalue weighted by atomic mass is 9.99. The van der Waals surface area contributed by atoms with Crippen LogP contribution in [0.4, 0.5) is 5.69 Å². The van der Waals surface area contributed by atoms with Crippen molar-refractivity contribution in [3.05, 3.63) is 105 Å². The monoisotopic (exact) mass is 485 g/mol. The molecule has 7 nitrogen and oxygen atoms in total. The molecule has 0 fully saturated rings. The van der Waals surface area contributed by atoms with Gasteiger partial charge in [-0.3, -0.25) is 10.1 Å². The van der Waals surface area contributed by atoms with Gasteiger partial charge in [-0.2, -0.15) is 17.9 Å². The lowest BCUT2D eigenvalue weighted by Crippen LogP contribution is -2.27. The number of nitro benzene ring substituents is 1. The molecule has 152 valence electrons. The van der Waals surface area contributed by atoms with Crippen LogP contribution >= 0.6 is 15.9 Å². The fraction of sp³-hybridized carbons (Fsp3) is 0.0952. The summed E-state index contributed by atoms with van der Waals surface area (Å²) in [5, 5.41) is 15.7. The number of hydrogen-bond acceptors (Lipinski definition) is 5. The van der Waals surface area contributed by atoms with Gasteiger partial charge in [0, 0.05) is 23.0 Å². The van der Waals surface area contributed by atoms with Gasteiger partial charge in [0.15, 0.2) is 0 Å². The maximum atomic E-state index is 13.4. The van der Waals surface area contributed by atoms with Crippen molar-refractivity contribution in [2.24, 2.45) is 5.10 Å². The average Bonchev–Trinajstić information content (AvgIpc) is 3.21.